The lowest BCUT2D eigenvalue weighted by molar-refractivity contribution is -0.141. The van der Waals surface area contributed by atoms with E-state index in [9.17, 15) is 18.4 Å². The zero-order chi connectivity index (χ0) is 14.9. The highest BCUT2D eigenvalue weighted by Gasteiger charge is 2.17. The van der Waals surface area contributed by atoms with E-state index in [4.69, 9.17) is 0 Å². The van der Waals surface area contributed by atoms with Crippen LogP contribution in [0.4, 0.5) is 8.78 Å². The van der Waals surface area contributed by atoms with Crippen LogP contribution < -0.4 is 5.56 Å². The number of fused-ring (bicyclic) bond motifs is 1. The summed E-state index contributed by atoms with van der Waals surface area (Å²) in [6.45, 7) is -1.53. The average Bonchev–Trinajstić information content (AvgIpc) is 2.45. The van der Waals surface area contributed by atoms with Crippen LogP contribution in [0.25, 0.3) is 10.8 Å². The Balaban J connectivity index is 2.77. The summed E-state index contributed by atoms with van der Waals surface area (Å²) in [5.41, 5.74) is -0.934. The third kappa shape index (κ3) is 2.43. The predicted molar refractivity (Wildman–Crippen MR) is 70.5 cm³/mol. The van der Waals surface area contributed by atoms with Crippen LogP contribution in [0, 0.1) is 5.82 Å². The van der Waals surface area contributed by atoms with Crippen molar-refractivity contribution >= 4 is 32.7 Å². The van der Waals surface area contributed by atoms with Crippen molar-refractivity contribution in [2.45, 2.75) is 13.2 Å². The van der Waals surface area contributed by atoms with E-state index in [1.807, 2.05) is 0 Å². The molecule has 0 saturated carbocycles. The van der Waals surface area contributed by atoms with Crippen molar-refractivity contribution in [2.24, 2.45) is 0 Å². The van der Waals surface area contributed by atoms with Crippen LogP contribution in [-0.2, 0) is 22.8 Å². The molecule has 0 aliphatic carbocycles. The molecule has 0 spiro atoms. The molecule has 0 fully saturated rings. The first kappa shape index (κ1) is 14.6. The van der Waals surface area contributed by atoms with Gasteiger partial charge in [-0.1, -0.05) is 0 Å². The number of ether oxygens (including phenoxy) is 1. The number of esters is 1. The highest BCUT2D eigenvalue weighted by molar-refractivity contribution is 9.10. The molecule has 0 aliphatic heterocycles. The Morgan fingerprint density at radius 2 is 2.20 bits per heavy atom. The van der Waals surface area contributed by atoms with Gasteiger partial charge >= 0.3 is 5.97 Å². The van der Waals surface area contributed by atoms with Crippen molar-refractivity contribution in [3.05, 3.63) is 38.5 Å². The lowest BCUT2D eigenvalue weighted by Gasteiger charge is -2.09. The van der Waals surface area contributed by atoms with Crippen molar-refractivity contribution in [2.75, 3.05) is 7.11 Å². The molecule has 2 rings (SSSR count). The van der Waals surface area contributed by atoms with Gasteiger partial charge in [0.1, 0.15) is 24.7 Å². The molecule has 0 unspecified atom stereocenters. The summed E-state index contributed by atoms with van der Waals surface area (Å²) < 4.78 is 32.3. The third-order valence-corrected chi connectivity index (χ3v) is 3.34. The monoisotopic (exact) mass is 346 g/mol. The first-order valence-electron chi connectivity index (χ1n) is 5.50. The molecule has 0 saturated heterocycles. The maximum Gasteiger partial charge on any atom is 0.327 e. The van der Waals surface area contributed by atoms with Crippen LogP contribution in [0.15, 0.2) is 21.4 Å². The molecular formula is C12H9BrF2N2O3. The fraction of sp³-hybridized carbons (Fsp3) is 0.250. The summed E-state index contributed by atoms with van der Waals surface area (Å²) in [4.78, 5) is 23.3. The number of hydrogen-bond acceptors (Lipinski definition) is 4. The Bertz CT molecular complexity index is 746. The highest BCUT2D eigenvalue weighted by Crippen LogP contribution is 2.25. The van der Waals surface area contributed by atoms with E-state index in [2.05, 4.69) is 25.8 Å². The number of methoxy groups -OCH3 is 1. The summed E-state index contributed by atoms with van der Waals surface area (Å²) in [6, 6.07) is 2.68. The number of rotatable bonds is 3. The molecule has 1 aromatic heterocycles. The zero-order valence-corrected chi connectivity index (χ0v) is 11.9. The van der Waals surface area contributed by atoms with Crippen molar-refractivity contribution in [1.29, 1.82) is 0 Å². The van der Waals surface area contributed by atoms with E-state index in [1.165, 1.54) is 12.1 Å². The maximum atomic E-state index is 14.0. The maximum absolute atomic E-state index is 14.0. The number of carbonyl (C=O) groups excluding carboxylic acids is 1. The van der Waals surface area contributed by atoms with E-state index in [0.29, 0.717) is 0 Å². The second-order valence-electron chi connectivity index (χ2n) is 3.90. The van der Waals surface area contributed by atoms with Crippen LogP contribution >= 0.6 is 15.9 Å². The minimum atomic E-state index is -1.06. The zero-order valence-electron chi connectivity index (χ0n) is 10.3. The van der Waals surface area contributed by atoms with E-state index >= 15 is 0 Å². The predicted octanol–water partition coefficient (Wildman–Crippen LogP) is 1.94. The standard InChI is InChI=1S/C12H9BrF2N2O3/c1-20-9(18)5-17-12(19)6-2-3-7(13)11(15)10(6)8(4-14)16-17/h2-3H,4-5H2,1H3. The first-order valence-corrected chi connectivity index (χ1v) is 6.29. The van der Waals surface area contributed by atoms with Crippen LogP contribution in [-0.4, -0.2) is 22.9 Å². The second-order valence-corrected chi connectivity index (χ2v) is 4.76. The summed E-state index contributed by atoms with van der Waals surface area (Å²) in [6.07, 6.45) is 0. The minimum absolute atomic E-state index is 0.0442. The molecule has 0 N–H and O–H groups in total. The molecule has 1 heterocycles. The van der Waals surface area contributed by atoms with Gasteiger partial charge in [-0.2, -0.15) is 5.10 Å². The average molecular weight is 347 g/mol. The Kier molecular flexibility index (Phi) is 4.12. The highest BCUT2D eigenvalue weighted by atomic mass is 79.9. The fourth-order valence-electron chi connectivity index (χ4n) is 1.78. The van der Waals surface area contributed by atoms with Gasteiger partial charge in [0.25, 0.3) is 5.56 Å². The Morgan fingerprint density at radius 1 is 1.50 bits per heavy atom. The SMILES string of the molecule is COC(=O)Cn1nc(CF)c2c(F)c(Br)ccc2c1=O. The van der Waals surface area contributed by atoms with Crippen LogP contribution in [0.5, 0.6) is 0 Å². The van der Waals surface area contributed by atoms with E-state index < -0.39 is 30.6 Å². The molecule has 0 bridgehead atoms. The fourth-order valence-corrected chi connectivity index (χ4v) is 2.11. The van der Waals surface area contributed by atoms with Crippen LogP contribution in [0.1, 0.15) is 5.69 Å². The number of alkyl halides is 1. The topological polar surface area (TPSA) is 61.2 Å². The molecule has 20 heavy (non-hydrogen) atoms. The number of nitrogens with zero attached hydrogens (tertiary/aromatic N) is 2. The van der Waals surface area contributed by atoms with Crippen molar-refractivity contribution in [3.63, 3.8) is 0 Å². The molecule has 2 aromatic rings. The molecule has 5 nitrogen and oxygen atoms in total. The van der Waals surface area contributed by atoms with Crippen molar-refractivity contribution in [1.82, 2.24) is 9.78 Å². The van der Waals surface area contributed by atoms with Gasteiger partial charge in [-0.15, -0.1) is 0 Å². The molecule has 0 radical (unpaired) electrons. The molecule has 8 heteroatoms. The van der Waals surface area contributed by atoms with Gasteiger partial charge in [0.2, 0.25) is 0 Å². The molecular weight excluding hydrogens is 338 g/mol. The van der Waals surface area contributed by atoms with Gasteiger partial charge in [0, 0.05) is 0 Å². The molecule has 0 amide bonds. The first-order chi connectivity index (χ1) is 9.49. The smallest absolute Gasteiger partial charge is 0.327 e. The molecule has 106 valence electrons. The van der Waals surface area contributed by atoms with Gasteiger partial charge in [-0.05, 0) is 28.1 Å². The third-order valence-electron chi connectivity index (χ3n) is 2.72. The number of aromatic nitrogens is 2. The van der Waals surface area contributed by atoms with Crippen LogP contribution in [0.2, 0.25) is 0 Å². The van der Waals surface area contributed by atoms with Gasteiger partial charge in [-0.25, -0.2) is 13.5 Å². The summed E-state index contributed by atoms with van der Waals surface area (Å²) >= 11 is 2.97. The van der Waals surface area contributed by atoms with Crippen LogP contribution in [0.3, 0.4) is 0 Å². The number of benzene rings is 1. The lowest BCUT2D eigenvalue weighted by Crippen LogP contribution is -2.28. The van der Waals surface area contributed by atoms with Crippen molar-refractivity contribution in [3.8, 4) is 0 Å². The Labute approximate surface area is 120 Å². The van der Waals surface area contributed by atoms with Gasteiger partial charge < -0.3 is 4.74 Å². The van der Waals surface area contributed by atoms with E-state index in [1.54, 1.807) is 0 Å². The largest absolute Gasteiger partial charge is 0.468 e. The summed E-state index contributed by atoms with van der Waals surface area (Å²) in [5, 5.41) is 3.45. The minimum Gasteiger partial charge on any atom is -0.468 e. The van der Waals surface area contributed by atoms with Crippen molar-refractivity contribution < 1.29 is 18.3 Å². The summed E-state index contributed by atoms with van der Waals surface area (Å²) in [5.74, 6) is -1.47. The molecule has 1 aromatic carbocycles. The normalized spacial score (nSPS) is 10.8. The second kappa shape index (κ2) is 5.66. The quantitative estimate of drug-likeness (QED) is 0.797. The number of halogens is 3. The van der Waals surface area contributed by atoms with E-state index in [-0.39, 0.29) is 20.9 Å². The van der Waals surface area contributed by atoms with Gasteiger partial charge in [-0.3, -0.25) is 9.59 Å². The van der Waals surface area contributed by atoms with E-state index in [0.717, 1.165) is 11.8 Å². The molecule has 0 aliphatic rings. The Morgan fingerprint density at radius 3 is 2.80 bits per heavy atom. The lowest BCUT2D eigenvalue weighted by atomic mass is 10.1. The number of hydrogen-bond donors (Lipinski definition) is 0. The molecule has 0 atom stereocenters. The Hall–Kier alpha value is -1.83. The summed E-state index contributed by atoms with van der Waals surface area (Å²) in [7, 11) is 1.15. The van der Waals surface area contributed by atoms with Gasteiger partial charge in [0.05, 0.1) is 22.4 Å². The number of carbonyl (C=O) groups is 1. The van der Waals surface area contributed by atoms with Gasteiger partial charge in [0.15, 0.2) is 0 Å².